The van der Waals surface area contributed by atoms with Gasteiger partial charge in [0.05, 0.1) is 23.3 Å². The van der Waals surface area contributed by atoms with Gasteiger partial charge in [-0.25, -0.2) is 9.66 Å². The number of carbonyl (C=O) groups is 1. The van der Waals surface area contributed by atoms with E-state index in [9.17, 15) is 4.79 Å². The molecule has 1 amide bonds. The van der Waals surface area contributed by atoms with Crippen LogP contribution in [-0.4, -0.2) is 31.5 Å². The molecule has 0 aliphatic rings. The zero-order chi connectivity index (χ0) is 16.4. The second-order valence-corrected chi connectivity index (χ2v) is 6.50. The van der Waals surface area contributed by atoms with Crippen LogP contribution in [-0.2, 0) is 4.79 Å². The number of hydrogen-bond acceptors (Lipinski definition) is 8. The fourth-order valence-corrected chi connectivity index (χ4v) is 3.23. The zero-order valence-electron chi connectivity index (χ0n) is 12.4. The predicted molar refractivity (Wildman–Crippen MR) is 88.8 cm³/mol. The number of nitrogens with two attached hydrogens (primary N) is 1. The number of thiazole rings is 1. The first-order chi connectivity index (χ1) is 11.0. The second-order valence-electron chi connectivity index (χ2n) is 4.70. The first-order valence-electron chi connectivity index (χ1n) is 6.64. The molecule has 23 heavy (non-hydrogen) atoms. The van der Waals surface area contributed by atoms with Crippen LogP contribution in [0.4, 0.5) is 5.13 Å². The van der Waals surface area contributed by atoms with Gasteiger partial charge in [0, 0.05) is 5.38 Å². The van der Waals surface area contributed by atoms with Gasteiger partial charge in [0.15, 0.2) is 11.0 Å². The molecule has 3 N–H and O–H groups in total. The number of carbonyl (C=O) groups excluding carboxylic acids is 1. The highest BCUT2D eigenvalue weighted by molar-refractivity contribution is 7.99. The lowest BCUT2D eigenvalue weighted by atomic mass is 10.2. The maximum Gasteiger partial charge on any atom is 0.236 e. The van der Waals surface area contributed by atoms with Crippen molar-refractivity contribution in [1.29, 1.82) is 0 Å². The lowest BCUT2D eigenvalue weighted by Gasteiger charge is -2.03. The fourth-order valence-electron chi connectivity index (χ4n) is 1.87. The summed E-state index contributed by atoms with van der Waals surface area (Å²) in [5.41, 5.74) is 1.65. The Morgan fingerprint density at radius 1 is 1.48 bits per heavy atom. The minimum atomic E-state index is -0.173. The van der Waals surface area contributed by atoms with Crippen LogP contribution in [0.2, 0.25) is 0 Å². The highest BCUT2D eigenvalue weighted by atomic mass is 32.2. The van der Waals surface area contributed by atoms with Crippen molar-refractivity contribution in [2.24, 2.45) is 0 Å². The van der Waals surface area contributed by atoms with Crippen molar-refractivity contribution in [2.75, 3.05) is 16.9 Å². The van der Waals surface area contributed by atoms with Gasteiger partial charge in [-0.3, -0.25) is 4.79 Å². The SMILES string of the molecule is Cc1csc(NC(=O)CSc2nnc(-c3ccoc3C)n2N)n1. The minimum absolute atomic E-state index is 0.165. The monoisotopic (exact) mass is 350 g/mol. The molecule has 0 saturated heterocycles. The van der Waals surface area contributed by atoms with E-state index in [0.29, 0.717) is 21.9 Å². The number of nitrogens with one attached hydrogen (secondary N) is 1. The molecule has 3 aromatic heterocycles. The van der Waals surface area contributed by atoms with Gasteiger partial charge >= 0.3 is 0 Å². The van der Waals surface area contributed by atoms with Crippen LogP contribution in [0.1, 0.15) is 11.5 Å². The molecule has 3 aromatic rings. The van der Waals surface area contributed by atoms with Gasteiger partial charge in [-0.1, -0.05) is 11.8 Å². The van der Waals surface area contributed by atoms with Crippen molar-refractivity contribution >= 4 is 34.1 Å². The highest BCUT2D eigenvalue weighted by Gasteiger charge is 2.16. The summed E-state index contributed by atoms with van der Waals surface area (Å²) in [5.74, 6) is 7.19. The van der Waals surface area contributed by atoms with Crippen LogP contribution in [0, 0.1) is 13.8 Å². The Labute approximate surface area is 140 Å². The summed E-state index contributed by atoms with van der Waals surface area (Å²) in [6.45, 7) is 3.69. The molecule has 0 aliphatic heterocycles. The molecule has 0 spiro atoms. The summed E-state index contributed by atoms with van der Waals surface area (Å²) in [7, 11) is 0. The van der Waals surface area contributed by atoms with Crippen molar-refractivity contribution in [1.82, 2.24) is 19.9 Å². The molecule has 0 saturated carbocycles. The van der Waals surface area contributed by atoms with Gasteiger partial charge in [-0.2, -0.15) is 0 Å². The number of anilines is 1. The van der Waals surface area contributed by atoms with Gasteiger partial charge in [0.25, 0.3) is 0 Å². The largest absolute Gasteiger partial charge is 0.469 e. The summed E-state index contributed by atoms with van der Waals surface area (Å²) in [6.07, 6.45) is 1.57. The number of aromatic nitrogens is 4. The van der Waals surface area contributed by atoms with E-state index in [1.54, 1.807) is 12.3 Å². The third-order valence-electron chi connectivity index (χ3n) is 2.96. The first kappa shape index (κ1) is 15.6. The lowest BCUT2D eigenvalue weighted by molar-refractivity contribution is -0.113. The van der Waals surface area contributed by atoms with Crippen LogP contribution >= 0.6 is 23.1 Å². The molecular formula is C13H14N6O2S2. The van der Waals surface area contributed by atoms with E-state index in [-0.39, 0.29) is 11.7 Å². The van der Waals surface area contributed by atoms with Crippen molar-refractivity contribution in [3.05, 3.63) is 29.2 Å². The standard InChI is InChI=1S/C13H14N6O2S2/c1-7-5-22-12(15-7)16-10(20)6-23-13-18-17-11(19(13)14)9-3-4-21-8(9)2/h3-5H,6,14H2,1-2H3,(H,15,16,20). The third kappa shape index (κ3) is 3.37. The molecular weight excluding hydrogens is 336 g/mol. The van der Waals surface area contributed by atoms with Gasteiger partial charge in [0.1, 0.15) is 5.76 Å². The average molecular weight is 350 g/mol. The van der Waals surface area contributed by atoms with Crippen molar-refractivity contribution in [2.45, 2.75) is 19.0 Å². The van der Waals surface area contributed by atoms with Crippen molar-refractivity contribution < 1.29 is 9.21 Å². The van der Waals surface area contributed by atoms with E-state index in [1.807, 2.05) is 19.2 Å². The number of rotatable bonds is 5. The first-order valence-corrected chi connectivity index (χ1v) is 8.51. The molecule has 0 aromatic carbocycles. The van der Waals surface area contributed by atoms with Crippen molar-refractivity contribution in [3.8, 4) is 11.4 Å². The number of aryl methyl sites for hydroxylation is 2. The van der Waals surface area contributed by atoms with E-state index in [1.165, 1.54) is 27.8 Å². The Hall–Kier alpha value is -2.33. The van der Waals surface area contributed by atoms with E-state index in [4.69, 9.17) is 10.3 Å². The average Bonchev–Trinajstić information content (AvgIpc) is 3.19. The van der Waals surface area contributed by atoms with Crippen LogP contribution in [0.3, 0.4) is 0 Å². The van der Waals surface area contributed by atoms with Crippen LogP contribution < -0.4 is 11.2 Å². The summed E-state index contributed by atoms with van der Waals surface area (Å²) >= 11 is 2.59. The van der Waals surface area contributed by atoms with Crippen LogP contribution in [0.15, 0.2) is 27.3 Å². The summed E-state index contributed by atoms with van der Waals surface area (Å²) in [4.78, 5) is 16.1. The summed E-state index contributed by atoms with van der Waals surface area (Å²) in [5, 5.41) is 13.7. The van der Waals surface area contributed by atoms with Gasteiger partial charge in [0.2, 0.25) is 11.1 Å². The molecule has 0 radical (unpaired) electrons. The molecule has 0 aliphatic carbocycles. The zero-order valence-corrected chi connectivity index (χ0v) is 14.1. The maximum atomic E-state index is 11.9. The molecule has 3 heterocycles. The molecule has 10 heteroatoms. The second kappa shape index (κ2) is 6.42. The van der Waals surface area contributed by atoms with E-state index in [0.717, 1.165) is 11.3 Å². The fraction of sp³-hybridized carbons (Fsp3) is 0.231. The Kier molecular flexibility index (Phi) is 4.35. The van der Waals surface area contributed by atoms with E-state index >= 15 is 0 Å². The Morgan fingerprint density at radius 2 is 2.30 bits per heavy atom. The van der Waals surface area contributed by atoms with Gasteiger partial charge < -0.3 is 15.6 Å². The molecule has 8 nitrogen and oxygen atoms in total. The van der Waals surface area contributed by atoms with Crippen LogP contribution in [0.25, 0.3) is 11.4 Å². The normalized spacial score (nSPS) is 10.9. The molecule has 0 bridgehead atoms. The number of nitrogens with zero attached hydrogens (tertiary/aromatic N) is 4. The number of nitrogen functional groups attached to an aromatic ring is 1. The topological polar surface area (TPSA) is 112 Å². The minimum Gasteiger partial charge on any atom is -0.469 e. The summed E-state index contributed by atoms with van der Waals surface area (Å²) in [6, 6.07) is 1.77. The highest BCUT2D eigenvalue weighted by Crippen LogP contribution is 2.25. The van der Waals surface area contributed by atoms with E-state index < -0.39 is 0 Å². The number of thioether (sulfide) groups is 1. The Bertz CT molecular complexity index is 837. The molecule has 0 unspecified atom stereocenters. The third-order valence-corrected chi connectivity index (χ3v) is 4.78. The molecule has 0 fully saturated rings. The van der Waals surface area contributed by atoms with Crippen molar-refractivity contribution in [3.63, 3.8) is 0 Å². The molecule has 0 atom stereocenters. The number of hydrogen-bond donors (Lipinski definition) is 2. The smallest absolute Gasteiger partial charge is 0.236 e. The Morgan fingerprint density at radius 3 is 2.96 bits per heavy atom. The maximum absolute atomic E-state index is 11.9. The Balaban J connectivity index is 1.64. The number of amides is 1. The summed E-state index contributed by atoms with van der Waals surface area (Å²) < 4.78 is 6.59. The van der Waals surface area contributed by atoms with Gasteiger partial charge in [-0.05, 0) is 19.9 Å². The predicted octanol–water partition coefficient (Wildman–Crippen LogP) is 2.06. The molecule has 120 valence electrons. The number of furan rings is 1. The molecule has 3 rings (SSSR count). The van der Waals surface area contributed by atoms with Gasteiger partial charge in [-0.15, -0.1) is 21.5 Å². The lowest BCUT2D eigenvalue weighted by Crippen LogP contribution is -2.16. The van der Waals surface area contributed by atoms with Crippen LogP contribution in [0.5, 0.6) is 0 Å². The van der Waals surface area contributed by atoms with E-state index in [2.05, 4.69) is 20.5 Å². The quantitative estimate of drug-likeness (QED) is 0.535.